The Kier molecular flexibility index (Phi) is 4.98. The molecule has 1 aromatic carbocycles. The first-order valence-electron chi connectivity index (χ1n) is 6.58. The number of carbonyl (C=O) groups excluding carboxylic acids is 1. The Hall–Kier alpha value is -1.81. The lowest BCUT2D eigenvalue weighted by Gasteiger charge is -2.15. The number of ether oxygens (including phenoxy) is 1. The van der Waals surface area contributed by atoms with Gasteiger partial charge in [-0.1, -0.05) is 6.58 Å². The minimum Gasteiger partial charge on any atom is -0.492 e. The number of hydrogen-bond donors (Lipinski definition) is 1. The van der Waals surface area contributed by atoms with Gasteiger partial charge < -0.3 is 10.1 Å². The van der Waals surface area contributed by atoms with Crippen LogP contribution in [0.1, 0.15) is 12.8 Å². The predicted octanol–water partition coefficient (Wildman–Crippen LogP) is 2.09. The minimum absolute atomic E-state index is 0.245. The molecule has 0 aromatic heterocycles. The fraction of sp³-hybridized carbons (Fsp3) is 0.400. The van der Waals surface area contributed by atoms with E-state index in [0.717, 1.165) is 12.3 Å². The quantitative estimate of drug-likeness (QED) is 0.795. The van der Waals surface area contributed by atoms with Crippen molar-refractivity contribution in [2.24, 2.45) is 0 Å². The van der Waals surface area contributed by atoms with Crippen molar-refractivity contribution >= 4 is 11.6 Å². The molecular weight excluding hydrogens is 240 g/mol. The molecule has 1 amide bonds. The summed E-state index contributed by atoms with van der Waals surface area (Å²) >= 11 is 0. The molecule has 1 heterocycles. The normalized spacial score (nSPS) is 15.2. The standard InChI is InChI=1S/C15H19N2O2/c1-2-15(18)16-13-6-5-7-14(12-13)19-11-10-17-8-3-4-9-17/h2,5,7,12H,1,3-4,8-11H2,(H,16,18). The molecule has 2 rings (SSSR count). The second kappa shape index (κ2) is 6.95. The monoisotopic (exact) mass is 259 g/mol. The topological polar surface area (TPSA) is 41.6 Å². The van der Waals surface area contributed by atoms with Crippen molar-refractivity contribution < 1.29 is 9.53 Å². The zero-order valence-corrected chi connectivity index (χ0v) is 11.0. The Labute approximate surface area is 114 Å². The van der Waals surface area contributed by atoms with E-state index in [-0.39, 0.29) is 5.91 Å². The van der Waals surface area contributed by atoms with Crippen molar-refractivity contribution in [2.45, 2.75) is 12.8 Å². The smallest absolute Gasteiger partial charge is 0.247 e. The number of nitrogens with one attached hydrogen (secondary N) is 1. The summed E-state index contributed by atoms with van der Waals surface area (Å²) in [6.07, 6.45) is 3.81. The van der Waals surface area contributed by atoms with Gasteiger partial charge in [-0.25, -0.2) is 0 Å². The van der Waals surface area contributed by atoms with Gasteiger partial charge in [0.2, 0.25) is 5.91 Å². The van der Waals surface area contributed by atoms with Crippen LogP contribution in [0.5, 0.6) is 5.75 Å². The van der Waals surface area contributed by atoms with Crippen molar-refractivity contribution in [1.82, 2.24) is 4.90 Å². The summed E-state index contributed by atoms with van der Waals surface area (Å²) in [5.74, 6) is 0.503. The Morgan fingerprint density at radius 3 is 3.05 bits per heavy atom. The van der Waals surface area contributed by atoms with Gasteiger partial charge in [0.1, 0.15) is 12.4 Å². The van der Waals surface area contributed by atoms with Crippen LogP contribution in [0.3, 0.4) is 0 Å². The van der Waals surface area contributed by atoms with Gasteiger partial charge in [-0.05, 0) is 44.1 Å². The average Bonchev–Trinajstić information content (AvgIpc) is 2.92. The summed E-state index contributed by atoms with van der Waals surface area (Å²) in [5.41, 5.74) is 0.601. The molecule has 0 atom stereocenters. The number of nitrogens with zero attached hydrogens (tertiary/aromatic N) is 1. The molecule has 19 heavy (non-hydrogen) atoms. The van der Waals surface area contributed by atoms with Crippen LogP contribution in [-0.4, -0.2) is 37.0 Å². The van der Waals surface area contributed by atoms with E-state index < -0.39 is 0 Å². The van der Waals surface area contributed by atoms with E-state index in [2.05, 4.69) is 22.9 Å². The maximum Gasteiger partial charge on any atom is 0.247 e. The number of benzene rings is 1. The van der Waals surface area contributed by atoms with Gasteiger partial charge in [-0.2, -0.15) is 0 Å². The van der Waals surface area contributed by atoms with Crippen molar-refractivity contribution in [3.8, 4) is 5.75 Å². The van der Waals surface area contributed by atoms with Crippen LogP contribution in [0.4, 0.5) is 5.69 Å². The third-order valence-corrected chi connectivity index (χ3v) is 3.09. The SMILES string of the molecule is C=CC(=O)Nc1[c]ccc(OCCN2CCCC2)c1. The molecule has 4 nitrogen and oxygen atoms in total. The van der Waals surface area contributed by atoms with E-state index in [1.54, 1.807) is 12.1 Å². The number of rotatable bonds is 6. The lowest BCUT2D eigenvalue weighted by Crippen LogP contribution is -2.25. The molecule has 1 aliphatic rings. The van der Waals surface area contributed by atoms with Crippen molar-refractivity contribution in [3.63, 3.8) is 0 Å². The fourth-order valence-electron chi connectivity index (χ4n) is 2.09. The van der Waals surface area contributed by atoms with Crippen LogP contribution in [-0.2, 0) is 4.79 Å². The molecule has 0 unspecified atom stereocenters. The molecule has 1 radical (unpaired) electrons. The lowest BCUT2D eigenvalue weighted by atomic mass is 10.3. The number of anilines is 1. The third kappa shape index (κ3) is 4.41. The molecule has 0 aliphatic carbocycles. The Bertz CT molecular complexity index is 440. The molecule has 4 heteroatoms. The highest BCUT2D eigenvalue weighted by Crippen LogP contribution is 2.17. The number of likely N-dealkylation sites (tertiary alicyclic amines) is 1. The van der Waals surface area contributed by atoms with Crippen LogP contribution < -0.4 is 10.1 Å². The first kappa shape index (κ1) is 13.6. The fourth-order valence-corrected chi connectivity index (χ4v) is 2.09. The number of carbonyl (C=O) groups is 1. The zero-order valence-electron chi connectivity index (χ0n) is 11.0. The Balaban J connectivity index is 1.80. The van der Waals surface area contributed by atoms with Crippen molar-refractivity contribution in [2.75, 3.05) is 31.6 Å². The van der Waals surface area contributed by atoms with Crippen molar-refractivity contribution in [3.05, 3.63) is 36.9 Å². The highest BCUT2D eigenvalue weighted by Gasteiger charge is 2.10. The van der Waals surface area contributed by atoms with E-state index in [4.69, 9.17) is 4.74 Å². The molecule has 1 saturated heterocycles. The van der Waals surface area contributed by atoms with Gasteiger partial charge in [0.15, 0.2) is 0 Å². The predicted molar refractivity (Wildman–Crippen MR) is 75.3 cm³/mol. The van der Waals surface area contributed by atoms with Gasteiger partial charge in [0.05, 0.1) is 5.69 Å². The number of amides is 1. The maximum absolute atomic E-state index is 11.2. The van der Waals surface area contributed by atoms with E-state index in [1.807, 2.05) is 6.07 Å². The van der Waals surface area contributed by atoms with Crippen LogP contribution >= 0.6 is 0 Å². The summed E-state index contributed by atoms with van der Waals surface area (Å²) in [7, 11) is 0. The van der Waals surface area contributed by atoms with E-state index in [1.165, 1.54) is 32.0 Å². The molecule has 0 bridgehead atoms. The van der Waals surface area contributed by atoms with E-state index >= 15 is 0 Å². The van der Waals surface area contributed by atoms with Gasteiger partial charge in [0.25, 0.3) is 0 Å². The summed E-state index contributed by atoms with van der Waals surface area (Å²) < 4.78 is 5.69. The Morgan fingerprint density at radius 1 is 1.53 bits per heavy atom. The van der Waals surface area contributed by atoms with Crippen molar-refractivity contribution in [1.29, 1.82) is 0 Å². The molecule has 1 aromatic rings. The maximum atomic E-state index is 11.2. The summed E-state index contributed by atoms with van der Waals surface area (Å²) in [4.78, 5) is 13.6. The molecule has 0 spiro atoms. The highest BCUT2D eigenvalue weighted by molar-refractivity contribution is 5.98. The van der Waals surface area contributed by atoms with Gasteiger partial charge in [-0.15, -0.1) is 0 Å². The first-order valence-corrected chi connectivity index (χ1v) is 6.58. The second-order valence-electron chi connectivity index (χ2n) is 4.53. The largest absolute Gasteiger partial charge is 0.492 e. The molecule has 1 N–H and O–H groups in total. The molecule has 0 saturated carbocycles. The Morgan fingerprint density at radius 2 is 2.32 bits per heavy atom. The lowest BCUT2D eigenvalue weighted by molar-refractivity contribution is -0.111. The molecular formula is C15H19N2O2. The van der Waals surface area contributed by atoms with Gasteiger partial charge in [-0.3, -0.25) is 9.69 Å². The minimum atomic E-state index is -0.245. The molecule has 101 valence electrons. The molecule has 1 aliphatic heterocycles. The highest BCUT2D eigenvalue weighted by atomic mass is 16.5. The molecule has 1 fully saturated rings. The van der Waals surface area contributed by atoms with E-state index in [0.29, 0.717) is 12.3 Å². The van der Waals surface area contributed by atoms with Crippen LogP contribution in [0.15, 0.2) is 30.9 Å². The average molecular weight is 259 g/mol. The van der Waals surface area contributed by atoms with Crippen LogP contribution in [0, 0.1) is 6.07 Å². The van der Waals surface area contributed by atoms with Gasteiger partial charge >= 0.3 is 0 Å². The van der Waals surface area contributed by atoms with Crippen LogP contribution in [0.2, 0.25) is 0 Å². The first-order chi connectivity index (χ1) is 9.28. The zero-order chi connectivity index (χ0) is 13.5. The second-order valence-corrected chi connectivity index (χ2v) is 4.53. The van der Waals surface area contributed by atoms with Gasteiger partial charge in [0, 0.05) is 18.7 Å². The third-order valence-electron chi connectivity index (χ3n) is 3.09. The summed E-state index contributed by atoms with van der Waals surface area (Å²) in [6, 6.07) is 8.29. The van der Waals surface area contributed by atoms with Crippen LogP contribution in [0.25, 0.3) is 0 Å². The summed E-state index contributed by atoms with van der Waals surface area (Å²) in [5, 5.41) is 2.66. The summed E-state index contributed by atoms with van der Waals surface area (Å²) in [6.45, 7) is 7.37. The number of hydrogen-bond acceptors (Lipinski definition) is 3. The van der Waals surface area contributed by atoms with E-state index in [9.17, 15) is 4.79 Å².